The molecule has 0 spiro atoms. The average Bonchev–Trinajstić information content (AvgIpc) is 2.74. The number of nitrogens with one attached hydrogen (secondary N) is 2. The molecule has 110 valence electrons. The van der Waals surface area contributed by atoms with Crippen LogP contribution in [-0.4, -0.2) is 26.0 Å². The molecule has 0 aliphatic carbocycles. The fourth-order valence-corrected chi connectivity index (χ4v) is 2.60. The lowest BCUT2D eigenvalue weighted by Gasteiger charge is -2.23. The van der Waals surface area contributed by atoms with Crippen molar-refractivity contribution in [2.45, 2.75) is 33.2 Å². The molecule has 4 nitrogen and oxygen atoms in total. The van der Waals surface area contributed by atoms with Crippen molar-refractivity contribution in [3.8, 4) is 0 Å². The number of rotatable bonds is 6. The van der Waals surface area contributed by atoms with Gasteiger partial charge in [0.15, 0.2) is 0 Å². The van der Waals surface area contributed by atoms with E-state index < -0.39 is 0 Å². The van der Waals surface area contributed by atoms with E-state index in [2.05, 4.69) is 54.6 Å². The van der Waals surface area contributed by atoms with Gasteiger partial charge in [0.05, 0.1) is 0 Å². The smallest absolute Gasteiger partial charge is 0.246 e. The van der Waals surface area contributed by atoms with Crippen molar-refractivity contribution in [1.29, 1.82) is 0 Å². The number of amides is 1. The summed E-state index contributed by atoms with van der Waals surface area (Å²) in [5, 5.41) is 6.18. The van der Waals surface area contributed by atoms with Crippen LogP contribution in [0, 0.1) is 5.92 Å². The van der Waals surface area contributed by atoms with Crippen molar-refractivity contribution >= 4 is 17.3 Å². The van der Waals surface area contributed by atoms with Gasteiger partial charge in [0.2, 0.25) is 5.91 Å². The molecule has 0 bridgehead atoms. The topological polar surface area (TPSA) is 44.4 Å². The van der Waals surface area contributed by atoms with Crippen LogP contribution in [0.25, 0.3) is 0 Å². The first-order chi connectivity index (χ1) is 9.56. The minimum absolute atomic E-state index is 0.0450. The summed E-state index contributed by atoms with van der Waals surface area (Å²) in [5.74, 6) is 0.709. The first kappa shape index (κ1) is 14.9. The molecule has 0 saturated carbocycles. The Balaban J connectivity index is 2.17. The first-order valence-electron chi connectivity index (χ1n) is 7.46. The summed E-state index contributed by atoms with van der Waals surface area (Å²) in [6.45, 7) is 8.29. The van der Waals surface area contributed by atoms with Crippen molar-refractivity contribution in [3.63, 3.8) is 0 Å². The van der Waals surface area contributed by atoms with Crippen LogP contribution in [0.3, 0.4) is 0 Å². The van der Waals surface area contributed by atoms with Crippen molar-refractivity contribution < 1.29 is 4.79 Å². The SMILES string of the molecule is CCNC1C(=O)Nc2cc(N(C)CC(C)CC)ccc21. The zero-order valence-electron chi connectivity index (χ0n) is 12.9. The van der Waals surface area contributed by atoms with Crippen LogP contribution < -0.4 is 15.5 Å². The van der Waals surface area contributed by atoms with Crippen LogP contribution in [0.2, 0.25) is 0 Å². The normalized spacial score (nSPS) is 18.6. The Morgan fingerprint density at radius 3 is 2.80 bits per heavy atom. The minimum atomic E-state index is -0.205. The van der Waals surface area contributed by atoms with E-state index in [0.29, 0.717) is 5.92 Å². The zero-order valence-corrected chi connectivity index (χ0v) is 12.9. The van der Waals surface area contributed by atoms with Crippen molar-refractivity contribution in [2.75, 3.05) is 30.4 Å². The number of likely N-dealkylation sites (N-methyl/N-ethyl adjacent to an activating group) is 1. The highest BCUT2D eigenvalue weighted by Crippen LogP contribution is 2.33. The van der Waals surface area contributed by atoms with Gasteiger partial charge in [-0.05, 0) is 24.6 Å². The van der Waals surface area contributed by atoms with Gasteiger partial charge in [-0.2, -0.15) is 0 Å². The molecule has 1 aromatic carbocycles. The molecule has 1 aliphatic rings. The van der Waals surface area contributed by atoms with E-state index in [9.17, 15) is 4.79 Å². The van der Waals surface area contributed by atoms with Crippen LogP contribution >= 0.6 is 0 Å². The summed E-state index contributed by atoms with van der Waals surface area (Å²) in [6, 6.07) is 6.03. The Kier molecular flexibility index (Phi) is 4.65. The van der Waals surface area contributed by atoms with Gasteiger partial charge in [-0.1, -0.05) is 33.3 Å². The third-order valence-corrected chi connectivity index (χ3v) is 4.00. The Bertz CT molecular complexity index is 487. The number of anilines is 2. The van der Waals surface area contributed by atoms with Gasteiger partial charge >= 0.3 is 0 Å². The van der Waals surface area contributed by atoms with Gasteiger partial charge in [0.1, 0.15) is 6.04 Å². The second-order valence-corrected chi connectivity index (χ2v) is 5.65. The zero-order chi connectivity index (χ0) is 14.7. The van der Waals surface area contributed by atoms with Gasteiger partial charge in [-0.25, -0.2) is 0 Å². The molecular formula is C16H25N3O. The van der Waals surface area contributed by atoms with Gasteiger partial charge in [-0.15, -0.1) is 0 Å². The summed E-state index contributed by atoms with van der Waals surface area (Å²) in [4.78, 5) is 14.2. The predicted molar refractivity (Wildman–Crippen MR) is 84.2 cm³/mol. The van der Waals surface area contributed by atoms with E-state index in [1.807, 2.05) is 6.92 Å². The van der Waals surface area contributed by atoms with Gasteiger partial charge < -0.3 is 15.5 Å². The highest BCUT2D eigenvalue weighted by atomic mass is 16.2. The number of nitrogens with zero attached hydrogens (tertiary/aromatic N) is 1. The number of hydrogen-bond donors (Lipinski definition) is 2. The molecule has 20 heavy (non-hydrogen) atoms. The van der Waals surface area contributed by atoms with Crippen molar-refractivity contribution in [2.24, 2.45) is 5.92 Å². The lowest BCUT2D eigenvalue weighted by Crippen LogP contribution is -2.27. The van der Waals surface area contributed by atoms with E-state index in [1.54, 1.807) is 0 Å². The van der Waals surface area contributed by atoms with Crippen LogP contribution in [0.15, 0.2) is 18.2 Å². The van der Waals surface area contributed by atoms with Gasteiger partial charge in [0, 0.05) is 30.5 Å². The molecule has 2 rings (SSSR count). The minimum Gasteiger partial charge on any atom is -0.374 e. The molecule has 0 saturated heterocycles. The largest absolute Gasteiger partial charge is 0.374 e. The van der Waals surface area contributed by atoms with E-state index in [4.69, 9.17) is 0 Å². The molecule has 1 heterocycles. The molecule has 2 N–H and O–H groups in total. The van der Waals surface area contributed by atoms with Crippen molar-refractivity contribution in [3.05, 3.63) is 23.8 Å². The first-order valence-corrected chi connectivity index (χ1v) is 7.46. The molecule has 2 atom stereocenters. The van der Waals surface area contributed by atoms with E-state index in [1.165, 1.54) is 6.42 Å². The predicted octanol–water partition coefficient (Wildman–Crippen LogP) is 2.77. The Morgan fingerprint density at radius 2 is 2.15 bits per heavy atom. The second-order valence-electron chi connectivity index (χ2n) is 5.65. The highest BCUT2D eigenvalue weighted by Gasteiger charge is 2.29. The molecule has 4 heteroatoms. The Morgan fingerprint density at radius 1 is 1.40 bits per heavy atom. The third kappa shape index (κ3) is 2.96. The maximum Gasteiger partial charge on any atom is 0.246 e. The third-order valence-electron chi connectivity index (χ3n) is 4.00. The maximum atomic E-state index is 11.9. The maximum absolute atomic E-state index is 11.9. The van der Waals surface area contributed by atoms with E-state index in [-0.39, 0.29) is 11.9 Å². The Hall–Kier alpha value is -1.55. The number of carbonyl (C=O) groups is 1. The molecule has 0 radical (unpaired) electrons. The summed E-state index contributed by atoms with van der Waals surface area (Å²) in [6.07, 6.45) is 1.18. The van der Waals surface area contributed by atoms with E-state index >= 15 is 0 Å². The molecule has 0 aromatic heterocycles. The van der Waals surface area contributed by atoms with Crippen LogP contribution in [0.5, 0.6) is 0 Å². The highest BCUT2D eigenvalue weighted by molar-refractivity contribution is 6.03. The summed E-state index contributed by atoms with van der Waals surface area (Å²) in [7, 11) is 2.10. The summed E-state index contributed by atoms with van der Waals surface area (Å²) in [5.41, 5.74) is 3.15. The van der Waals surface area contributed by atoms with E-state index in [0.717, 1.165) is 30.0 Å². The molecule has 2 unspecified atom stereocenters. The fourth-order valence-electron chi connectivity index (χ4n) is 2.60. The van der Waals surface area contributed by atoms with Crippen LogP contribution in [-0.2, 0) is 4.79 Å². The lowest BCUT2D eigenvalue weighted by atomic mass is 10.1. The van der Waals surface area contributed by atoms with Gasteiger partial charge in [0.25, 0.3) is 0 Å². The summed E-state index contributed by atoms with van der Waals surface area (Å²) < 4.78 is 0. The molecular weight excluding hydrogens is 250 g/mol. The number of hydrogen-bond acceptors (Lipinski definition) is 3. The molecule has 0 fully saturated rings. The summed E-state index contributed by atoms with van der Waals surface area (Å²) >= 11 is 0. The Labute approximate surface area is 121 Å². The molecule has 1 aliphatic heterocycles. The molecule has 1 aromatic rings. The van der Waals surface area contributed by atoms with Gasteiger partial charge in [-0.3, -0.25) is 4.79 Å². The van der Waals surface area contributed by atoms with Crippen LogP contribution in [0.4, 0.5) is 11.4 Å². The number of benzene rings is 1. The second kappa shape index (κ2) is 6.27. The number of fused-ring (bicyclic) bond motifs is 1. The fraction of sp³-hybridized carbons (Fsp3) is 0.562. The number of carbonyl (C=O) groups excluding carboxylic acids is 1. The standard InChI is InChI=1S/C16H25N3O/c1-5-11(3)10-19(4)12-7-8-13-14(9-12)18-16(20)15(13)17-6-2/h7-9,11,15,17H,5-6,10H2,1-4H3,(H,18,20). The molecule has 1 amide bonds. The lowest BCUT2D eigenvalue weighted by molar-refractivity contribution is -0.117. The van der Waals surface area contributed by atoms with Crippen LogP contribution in [0.1, 0.15) is 38.8 Å². The monoisotopic (exact) mass is 275 g/mol. The van der Waals surface area contributed by atoms with Crippen molar-refractivity contribution in [1.82, 2.24) is 5.32 Å². The average molecular weight is 275 g/mol. The quantitative estimate of drug-likeness (QED) is 0.839.